The van der Waals surface area contributed by atoms with E-state index in [2.05, 4.69) is 24.4 Å². The maximum Gasteiger partial charge on any atom is 0.251 e. The van der Waals surface area contributed by atoms with E-state index in [0.717, 1.165) is 24.8 Å². The van der Waals surface area contributed by atoms with Gasteiger partial charge in [0, 0.05) is 12.1 Å². The largest absolute Gasteiger partial charge is 0.492 e. The SMILES string of the molecule is CCCc1ccc(OCCNC(=O)c2ccc(N(CC)S(C)(=O)=O)cc2)cc1. The Balaban J connectivity index is 1.83. The fraction of sp³-hybridized carbons (Fsp3) is 0.381. The number of rotatable bonds is 10. The Bertz CT molecular complexity index is 862. The molecule has 0 aliphatic rings. The van der Waals surface area contributed by atoms with Crippen LogP contribution in [-0.2, 0) is 16.4 Å². The maximum atomic E-state index is 12.2. The molecule has 2 aromatic carbocycles. The minimum atomic E-state index is -3.33. The van der Waals surface area contributed by atoms with E-state index in [1.165, 1.54) is 9.87 Å². The van der Waals surface area contributed by atoms with Gasteiger partial charge in [0.1, 0.15) is 12.4 Å². The third-order valence-electron chi connectivity index (χ3n) is 4.22. The third-order valence-corrected chi connectivity index (χ3v) is 5.49. The van der Waals surface area contributed by atoms with Gasteiger partial charge < -0.3 is 10.1 Å². The first-order chi connectivity index (χ1) is 13.3. The molecule has 0 aromatic heterocycles. The number of carbonyl (C=O) groups is 1. The normalized spacial score (nSPS) is 11.1. The molecule has 0 aliphatic heterocycles. The molecule has 7 heteroatoms. The van der Waals surface area contributed by atoms with Crippen molar-refractivity contribution in [1.82, 2.24) is 5.32 Å². The first kappa shape index (κ1) is 21.8. The number of benzene rings is 2. The third kappa shape index (κ3) is 6.27. The van der Waals surface area contributed by atoms with Gasteiger partial charge in [-0.25, -0.2) is 8.42 Å². The second-order valence-electron chi connectivity index (χ2n) is 6.47. The van der Waals surface area contributed by atoms with Gasteiger partial charge in [0.25, 0.3) is 5.91 Å². The predicted molar refractivity (Wildman–Crippen MR) is 113 cm³/mol. The zero-order chi connectivity index (χ0) is 20.6. The van der Waals surface area contributed by atoms with Crippen LogP contribution in [0.25, 0.3) is 0 Å². The van der Waals surface area contributed by atoms with E-state index >= 15 is 0 Å². The first-order valence-corrected chi connectivity index (χ1v) is 11.3. The predicted octanol–water partition coefficient (Wildman–Crippen LogP) is 3.23. The number of hydrogen-bond donors (Lipinski definition) is 1. The molecule has 1 amide bonds. The molecule has 0 unspecified atom stereocenters. The summed E-state index contributed by atoms with van der Waals surface area (Å²) in [6.45, 7) is 4.99. The second kappa shape index (κ2) is 10.1. The average molecular weight is 405 g/mol. The molecule has 152 valence electrons. The highest BCUT2D eigenvalue weighted by Crippen LogP contribution is 2.18. The number of carbonyl (C=O) groups excluding carboxylic acids is 1. The molecular formula is C21H28N2O4S. The summed E-state index contributed by atoms with van der Waals surface area (Å²) in [5.41, 5.74) is 2.29. The highest BCUT2D eigenvalue weighted by Gasteiger charge is 2.15. The molecule has 28 heavy (non-hydrogen) atoms. The number of nitrogens with zero attached hydrogens (tertiary/aromatic N) is 1. The van der Waals surface area contributed by atoms with Gasteiger partial charge in [-0.3, -0.25) is 9.10 Å². The van der Waals surface area contributed by atoms with Gasteiger partial charge in [-0.15, -0.1) is 0 Å². The van der Waals surface area contributed by atoms with E-state index in [4.69, 9.17) is 4.74 Å². The summed E-state index contributed by atoms with van der Waals surface area (Å²) in [7, 11) is -3.33. The van der Waals surface area contributed by atoms with Crippen LogP contribution in [0.15, 0.2) is 48.5 Å². The minimum Gasteiger partial charge on any atom is -0.492 e. The van der Waals surface area contributed by atoms with Gasteiger partial charge in [0.2, 0.25) is 10.0 Å². The molecule has 0 fully saturated rings. The zero-order valence-electron chi connectivity index (χ0n) is 16.6. The smallest absolute Gasteiger partial charge is 0.251 e. The Hall–Kier alpha value is -2.54. The summed E-state index contributed by atoms with van der Waals surface area (Å²) in [5, 5.41) is 2.80. The lowest BCUT2D eigenvalue weighted by atomic mass is 10.1. The molecule has 1 N–H and O–H groups in total. The fourth-order valence-electron chi connectivity index (χ4n) is 2.86. The van der Waals surface area contributed by atoms with Crippen molar-refractivity contribution in [2.24, 2.45) is 0 Å². The second-order valence-corrected chi connectivity index (χ2v) is 8.38. The highest BCUT2D eigenvalue weighted by molar-refractivity contribution is 7.92. The van der Waals surface area contributed by atoms with Crippen molar-refractivity contribution < 1.29 is 17.9 Å². The van der Waals surface area contributed by atoms with Crippen molar-refractivity contribution >= 4 is 21.6 Å². The molecule has 0 radical (unpaired) electrons. The molecule has 0 spiro atoms. The Morgan fingerprint density at radius 1 is 1.04 bits per heavy atom. The van der Waals surface area contributed by atoms with Crippen molar-refractivity contribution in [3.05, 3.63) is 59.7 Å². The van der Waals surface area contributed by atoms with Crippen molar-refractivity contribution in [2.75, 3.05) is 30.3 Å². The first-order valence-electron chi connectivity index (χ1n) is 9.42. The Morgan fingerprint density at radius 2 is 1.68 bits per heavy atom. The summed E-state index contributed by atoms with van der Waals surface area (Å²) < 4.78 is 30.4. The number of nitrogens with one attached hydrogen (secondary N) is 1. The summed E-state index contributed by atoms with van der Waals surface area (Å²) >= 11 is 0. The van der Waals surface area contributed by atoms with Crippen molar-refractivity contribution in [3.8, 4) is 5.75 Å². The molecule has 0 bridgehead atoms. The lowest BCUT2D eigenvalue weighted by Gasteiger charge is -2.20. The number of sulfonamides is 1. The summed E-state index contributed by atoms with van der Waals surface area (Å²) in [4.78, 5) is 12.2. The van der Waals surface area contributed by atoms with Crippen LogP contribution in [0.4, 0.5) is 5.69 Å². The summed E-state index contributed by atoms with van der Waals surface area (Å²) in [5.74, 6) is 0.551. The van der Waals surface area contributed by atoms with E-state index in [0.29, 0.717) is 30.9 Å². The van der Waals surface area contributed by atoms with E-state index in [1.807, 2.05) is 12.1 Å². The van der Waals surface area contributed by atoms with Gasteiger partial charge >= 0.3 is 0 Å². The number of amides is 1. The number of ether oxygens (including phenoxy) is 1. The van der Waals surface area contributed by atoms with Crippen LogP contribution in [-0.4, -0.2) is 40.3 Å². The monoisotopic (exact) mass is 404 g/mol. The Labute approximate surface area is 167 Å². The topological polar surface area (TPSA) is 75.7 Å². The van der Waals surface area contributed by atoms with Gasteiger partial charge in [0.15, 0.2) is 0 Å². The Kier molecular flexibility index (Phi) is 7.87. The van der Waals surface area contributed by atoms with Crippen LogP contribution < -0.4 is 14.4 Å². The van der Waals surface area contributed by atoms with Crippen LogP contribution >= 0.6 is 0 Å². The van der Waals surface area contributed by atoms with Gasteiger partial charge in [0.05, 0.1) is 18.5 Å². The highest BCUT2D eigenvalue weighted by atomic mass is 32.2. The molecule has 0 saturated carbocycles. The van der Waals surface area contributed by atoms with Crippen LogP contribution in [0.2, 0.25) is 0 Å². The van der Waals surface area contributed by atoms with Gasteiger partial charge in [-0.2, -0.15) is 0 Å². The zero-order valence-corrected chi connectivity index (χ0v) is 17.5. The molecule has 2 aromatic rings. The van der Waals surface area contributed by atoms with Gasteiger partial charge in [-0.1, -0.05) is 25.5 Å². The Morgan fingerprint density at radius 3 is 2.21 bits per heavy atom. The molecule has 0 atom stereocenters. The molecule has 2 rings (SSSR count). The fourth-order valence-corrected chi connectivity index (χ4v) is 3.84. The van der Waals surface area contributed by atoms with E-state index < -0.39 is 10.0 Å². The van der Waals surface area contributed by atoms with Crippen molar-refractivity contribution in [3.63, 3.8) is 0 Å². The molecule has 0 aliphatic carbocycles. The minimum absolute atomic E-state index is 0.226. The number of aryl methyl sites for hydroxylation is 1. The summed E-state index contributed by atoms with van der Waals surface area (Å²) in [6.07, 6.45) is 3.32. The standard InChI is InChI=1S/C21H28N2O4S/c1-4-6-17-7-13-20(14-8-17)27-16-15-22-21(24)18-9-11-19(12-10-18)23(5-2)28(3,25)26/h7-14H,4-6,15-16H2,1-3H3,(H,22,24). The number of anilines is 1. The lowest BCUT2D eigenvalue weighted by molar-refractivity contribution is 0.0947. The van der Waals surface area contributed by atoms with Crippen LogP contribution in [0.1, 0.15) is 36.2 Å². The molecule has 0 saturated heterocycles. The van der Waals surface area contributed by atoms with Crippen LogP contribution in [0.5, 0.6) is 5.75 Å². The molecule has 0 heterocycles. The van der Waals surface area contributed by atoms with Crippen LogP contribution in [0, 0.1) is 0 Å². The lowest BCUT2D eigenvalue weighted by Crippen LogP contribution is -2.30. The van der Waals surface area contributed by atoms with E-state index in [9.17, 15) is 13.2 Å². The van der Waals surface area contributed by atoms with E-state index in [-0.39, 0.29) is 5.91 Å². The molecular weight excluding hydrogens is 376 g/mol. The number of hydrogen-bond acceptors (Lipinski definition) is 4. The van der Waals surface area contributed by atoms with Crippen molar-refractivity contribution in [2.45, 2.75) is 26.7 Å². The van der Waals surface area contributed by atoms with Gasteiger partial charge in [-0.05, 0) is 55.3 Å². The van der Waals surface area contributed by atoms with Crippen LogP contribution in [0.3, 0.4) is 0 Å². The average Bonchev–Trinajstić information content (AvgIpc) is 2.66. The quantitative estimate of drug-likeness (QED) is 0.617. The molecule has 6 nitrogen and oxygen atoms in total. The van der Waals surface area contributed by atoms with Crippen molar-refractivity contribution in [1.29, 1.82) is 0 Å². The maximum absolute atomic E-state index is 12.2. The van der Waals surface area contributed by atoms with E-state index in [1.54, 1.807) is 31.2 Å². The summed E-state index contributed by atoms with van der Waals surface area (Å²) in [6, 6.07) is 14.5.